The van der Waals surface area contributed by atoms with E-state index in [0.717, 1.165) is 6.08 Å². The highest BCUT2D eigenvalue weighted by atomic mass is 16.4. The third-order valence-corrected chi connectivity index (χ3v) is 0.845. The van der Waals surface area contributed by atoms with E-state index >= 15 is 0 Å². The predicted molar refractivity (Wildman–Crippen MR) is 35.2 cm³/mol. The fourth-order valence-electron chi connectivity index (χ4n) is 0.432. The molecule has 0 aromatic rings. The van der Waals surface area contributed by atoms with Crippen molar-refractivity contribution in [1.29, 1.82) is 0 Å². The molecule has 0 bridgehead atoms. The maximum absolute atomic E-state index is 9.91. The first-order valence-corrected chi connectivity index (χ1v) is 2.84. The van der Waals surface area contributed by atoms with Crippen LogP contribution in [-0.4, -0.2) is 27.3 Å². The van der Waals surface area contributed by atoms with Gasteiger partial charge in [-0.25, -0.2) is 0 Å². The molecule has 0 rings (SSSR count). The molecule has 5 nitrogen and oxygen atoms in total. The largest absolute Gasteiger partial charge is 0.512 e. The van der Waals surface area contributed by atoms with Crippen LogP contribution in [0.25, 0.3) is 0 Å². The average molecular weight is 160 g/mol. The molecule has 0 radical (unpaired) electrons. The van der Waals surface area contributed by atoms with Crippen molar-refractivity contribution in [3.63, 3.8) is 0 Å². The molecule has 0 aliphatic heterocycles. The van der Waals surface area contributed by atoms with Crippen LogP contribution in [-0.2, 0) is 9.59 Å². The number of rotatable bonds is 4. The minimum atomic E-state index is -1.19. The second kappa shape index (κ2) is 4.32. The molecular formula is C6H8O5. The molecule has 11 heavy (non-hydrogen) atoms. The number of aliphatic carboxylic acids is 2. The van der Waals surface area contributed by atoms with E-state index in [1.165, 1.54) is 0 Å². The summed E-state index contributed by atoms with van der Waals surface area (Å²) < 4.78 is 0. The zero-order chi connectivity index (χ0) is 8.85. The summed E-state index contributed by atoms with van der Waals surface area (Å²) in [6, 6.07) is 0. The second-order valence-corrected chi connectivity index (χ2v) is 1.86. The lowest BCUT2D eigenvalue weighted by Gasteiger charge is -1.92. The van der Waals surface area contributed by atoms with Crippen LogP contribution in [0.4, 0.5) is 0 Å². The lowest BCUT2D eigenvalue weighted by Crippen LogP contribution is -1.98. The Morgan fingerprint density at radius 2 is 1.64 bits per heavy atom. The van der Waals surface area contributed by atoms with Gasteiger partial charge in [0.15, 0.2) is 0 Å². The molecule has 0 aliphatic carbocycles. The summed E-state index contributed by atoms with van der Waals surface area (Å²) in [4.78, 5) is 19.8. The Balaban J connectivity index is 3.81. The van der Waals surface area contributed by atoms with Crippen LogP contribution in [0.5, 0.6) is 0 Å². The van der Waals surface area contributed by atoms with E-state index in [2.05, 4.69) is 0 Å². The fraction of sp³-hybridized carbons (Fsp3) is 0.333. The molecule has 0 aromatic heterocycles. The van der Waals surface area contributed by atoms with Gasteiger partial charge in [-0.15, -0.1) is 0 Å². The molecule has 0 aromatic carbocycles. The monoisotopic (exact) mass is 160 g/mol. The Kier molecular flexibility index (Phi) is 3.72. The fourth-order valence-corrected chi connectivity index (χ4v) is 0.432. The zero-order valence-corrected chi connectivity index (χ0v) is 5.65. The van der Waals surface area contributed by atoms with Crippen molar-refractivity contribution in [1.82, 2.24) is 0 Å². The number of hydrogen-bond acceptors (Lipinski definition) is 3. The third-order valence-electron chi connectivity index (χ3n) is 0.845. The van der Waals surface area contributed by atoms with Gasteiger partial charge in [-0.2, -0.15) is 0 Å². The van der Waals surface area contributed by atoms with Gasteiger partial charge < -0.3 is 15.3 Å². The van der Waals surface area contributed by atoms with Crippen LogP contribution >= 0.6 is 0 Å². The third kappa shape index (κ3) is 6.36. The number of carbonyl (C=O) groups is 2. The first kappa shape index (κ1) is 9.48. The van der Waals surface area contributed by atoms with E-state index in [1.807, 2.05) is 0 Å². The topological polar surface area (TPSA) is 94.8 Å². The van der Waals surface area contributed by atoms with Crippen LogP contribution in [0.2, 0.25) is 0 Å². The number of hydrogen-bond donors (Lipinski definition) is 3. The summed E-state index contributed by atoms with van der Waals surface area (Å²) in [7, 11) is 0. The maximum Gasteiger partial charge on any atom is 0.311 e. The van der Waals surface area contributed by atoms with E-state index < -0.39 is 24.1 Å². The Bertz CT molecular complexity index is 193. The van der Waals surface area contributed by atoms with Gasteiger partial charge in [0.2, 0.25) is 0 Å². The van der Waals surface area contributed by atoms with E-state index in [0.29, 0.717) is 0 Å². The van der Waals surface area contributed by atoms with Crippen LogP contribution in [0.15, 0.2) is 11.8 Å². The number of aliphatic hydroxyl groups is 1. The van der Waals surface area contributed by atoms with E-state index in [9.17, 15) is 9.59 Å². The van der Waals surface area contributed by atoms with Gasteiger partial charge in [-0.3, -0.25) is 9.59 Å². The molecule has 0 amide bonds. The van der Waals surface area contributed by atoms with Crippen LogP contribution < -0.4 is 0 Å². The first-order chi connectivity index (χ1) is 5.02. The van der Waals surface area contributed by atoms with Crippen molar-refractivity contribution in [2.75, 3.05) is 0 Å². The predicted octanol–water partition coefficient (Wildman–Crippen LogP) is 0.378. The molecule has 62 valence electrons. The maximum atomic E-state index is 9.91. The van der Waals surface area contributed by atoms with Gasteiger partial charge >= 0.3 is 11.9 Å². The van der Waals surface area contributed by atoms with Crippen molar-refractivity contribution >= 4 is 11.9 Å². The Labute approximate surface area is 62.6 Å². The minimum absolute atomic E-state index is 0.362. The van der Waals surface area contributed by atoms with Crippen molar-refractivity contribution in [2.24, 2.45) is 0 Å². The molecular weight excluding hydrogens is 152 g/mol. The summed E-state index contributed by atoms with van der Waals surface area (Å²) in [5.41, 5.74) is 0. The molecule has 0 atom stereocenters. The van der Waals surface area contributed by atoms with Gasteiger partial charge in [-0.1, -0.05) is 0 Å². The Morgan fingerprint density at radius 3 is 2.00 bits per heavy atom. The number of carboxylic acid groups (broad SMARTS) is 2. The van der Waals surface area contributed by atoms with Crippen LogP contribution in [0.3, 0.4) is 0 Å². The number of carboxylic acids is 2. The molecule has 0 saturated heterocycles. The molecule has 3 N–H and O–H groups in total. The highest BCUT2D eigenvalue weighted by Crippen LogP contribution is 1.97. The second-order valence-electron chi connectivity index (χ2n) is 1.86. The molecule has 0 fully saturated rings. The van der Waals surface area contributed by atoms with Gasteiger partial charge in [0.1, 0.15) is 6.42 Å². The van der Waals surface area contributed by atoms with E-state index in [-0.39, 0.29) is 6.42 Å². The standard InChI is InChI=1S/C6H8O5/c7-4(3-6(10)11)1-2-5(8)9/h1,7H,2-3H2,(H,8,9)(H,10,11). The van der Waals surface area contributed by atoms with Crippen molar-refractivity contribution in [3.05, 3.63) is 11.8 Å². The van der Waals surface area contributed by atoms with Crippen LogP contribution in [0, 0.1) is 0 Å². The average Bonchev–Trinajstić information content (AvgIpc) is 1.82. The first-order valence-electron chi connectivity index (χ1n) is 2.84. The molecule has 0 unspecified atom stereocenters. The van der Waals surface area contributed by atoms with Crippen molar-refractivity contribution in [3.8, 4) is 0 Å². The quantitative estimate of drug-likeness (QED) is 0.516. The van der Waals surface area contributed by atoms with Gasteiger partial charge in [0, 0.05) is 0 Å². The highest BCUT2D eigenvalue weighted by molar-refractivity contribution is 5.71. The summed E-state index contributed by atoms with van der Waals surface area (Å²) in [5.74, 6) is -2.73. The summed E-state index contributed by atoms with van der Waals surface area (Å²) in [6.45, 7) is 0. The summed E-state index contributed by atoms with van der Waals surface area (Å²) in [6.07, 6.45) is 0.0584. The lowest BCUT2D eigenvalue weighted by molar-refractivity contribution is -0.138. The smallest absolute Gasteiger partial charge is 0.311 e. The Hall–Kier alpha value is -1.52. The van der Waals surface area contributed by atoms with Crippen molar-refractivity contribution in [2.45, 2.75) is 12.8 Å². The lowest BCUT2D eigenvalue weighted by atomic mass is 10.3. The molecule has 0 spiro atoms. The normalized spacial score (nSPS) is 11.1. The van der Waals surface area contributed by atoms with Gasteiger partial charge in [-0.05, 0) is 6.08 Å². The van der Waals surface area contributed by atoms with Gasteiger partial charge in [0.05, 0.1) is 12.2 Å². The summed E-state index contributed by atoms with van der Waals surface area (Å²) in [5, 5.41) is 24.9. The van der Waals surface area contributed by atoms with Gasteiger partial charge in [0.25, 0.3) is 0 Å². The minimum Gasteiger partial charge on any atom is -0.512 e. The molecule has 0 aliphatic rings. The summed E-state index contributed by atoms with van der Waals surface area (Å²) >= 11 is 0. The molecule has 5 heteroatoms. The van der Waals surface area contributed by atoms with Crippen LogP contribution in [0.1, 0.15) is 12.8 Å². The SMILES string of the molecule is O=C(O)CC=C(O)CC(=O)O. The number of aliphatic hydroxyl groups excluding tert-OH is 1. The zero-order valence-electron chi connectivity index (χ0n) is 5.65. The van der Waals surface area contributed by atoms with Crippen molar-refractivity contribution < 1.29 is 24.9 Å². The molecule has 0 saturated carbocycles. The molecule has 0 heterocycles. The van der Waals surface area contributed by atoms with E-state index in [4.69, 9.17) is 15.3 Å². The van der Waals surface area contributed by atoms with E-state index in [1.54, 1.807) is 0 Å². The highest BCUT2D eigenvalue weighted by Gasteiger charge is 2.01. The Morgan fingerprint density at radius 1 is 1.09 bits per heavy atom.